The third-order valence-corrected chi connectivity index (χ3v) is 5.06. The molecule has 0 aromatic heterocycles. The van der Waals surface area contributed by atoms with Gasteiger partial charge >= 0.3 is 0 Å². The Morgan fingerprint density at radius 3 is 1.61 bits per heavy atom. The molecule has 0 atom stereocenters. The van der Waals surface area contributed by atoms with Crippen LogP contribution in [0.4, 0.5) is 0 Å². The highest BCUT2D eigenvalue weighted by molar-refractivity contribution is 5.75. The minimum atomic E-state index is 1.00. The SMILES string of the molecule is C[N+](C)(CC1=CCc2ccccc21)CC1=CCc2ccccc21. The Morgan fingerprint density at radius 1 is 0.696 bits per heavy atom. The second kappa shape index (κ2) is 5.50. The summed E-state index contributed by atoms with van der Waals surface area (Å²) < 4.78 is 1.00. The van der Waals surface area contributed by atoms with E-state index >= 15 is 0 Å². The summed E-state index contributed by atoms with van der Waals surface area (Å²) in [6.45, 7) is 2.19. The van der Waals surface area contributed by atoms with Crippen molar-refractivity contribution in [2.45, 2.75) is 12.8 Å². The average Bonchev–Trinajstić information content (AvgIpc) is 3.12. The molecule has 2 aliphatic rings. The van der Waals surface area contributed by atoms with Crippen LogP contribution in [0.5, 0.6) is 0 Å². The highest BCUT2D eigenvalue weighted by Gasteiger charge is 2.26. The van der Waals surface area contributed by atoms with Gasteiger partial charge in [-0.2, -0.15) is 0 Å². The lowest BCUT2D eigenvalue weighted by molar-refractivity contribution is -0.875. The average molecular weight is 302 g/mol. The molecule has 0 heterocycles. The maximum atomic E-state index is 2.42. The first kappa shape index (κ1) is 14.5. The largest absolute Gasteiger partial charge is 0.321 e. The fraction of sp³-hybridized carbons (Fsp3) is 0.273. The number of allylic oxidation sites excluding steroid dienone is 2. The number of rotatable bonds is 4. The van der Waals surface area contributed by atoms with Crippen molar-refractivity contribution in [2.75, 3.05) is 27.2 Å². The Bertz CT molecular complexity index is 741. The molecule has 116 valence electrons. The van der Waals surface area contributed by atoms with Crippen LogP contribution in [0.15, 0.2) is 60.7 Å². The van der Waals surface area contributed by atoms with Crippen LogP contribution in [0.25, 0.3) is 11.1 Å². The molecular weight excluding hydrogens is 278 g/mol. The zero-order valence-electron chi connectivity index (χ0n) is 14.0. The Hall–Kier alpha value is -2.12. The lowest BCUT2D eigenvalue weighted by Crippen LogP contribution is -2.41. The highest BCUT2D eigenvalue weighted by atomic mass is 15.3. The smallest absolute Gasteiger partial charge is 0.105 e. The normalized spacial score (nSPS) is 15.9. The topological polar surface area (TPSA) is 0 Å². The lowest BCUT2D eigenvalue weighted by Gasteiger charge is -2.31. The van der Waals surface area contributed by atoms with E-state index in [9.17, 15) is 0 Å². The van der Waals surface area contributed by atoms with E-state index in [-0.39, 0.29) is 0 Å². The number of quaternary nitrogens is 1. The molecule has 0 unspecified atom stereocenters. The van der Waals surface area contributed by atoms with Crippen LogP contribution in [0.3, 0.4) is 0 Å². The van der Waals surface area contributed by atoms with Crippen LogP contribution in [0.2, 0.25) is 0 Å². The minimum Gasteiger partial charge on any atom is -0.321 e. The number of hydrogen-bond acceptors (Lipinski definition) is 0. The molecule has 0 radical (unpaired) electrons. The molecule has 1 heteroatoms. The van der Waals surface area contributed by atoms with Crippen LogP contribution < -0.4 is 0 Å². The Labute approximate surface area is 139 Å². The third kappa shape index (κ3) is 2.77. The molecule has 0 saturated carbocycles. The van der Waals surface area contributed by atoms with Gasteiger partial charge in [0.1, 0.15) is 13.1 Å². The summed E-state index contributed by atoms with van der Waals surface area (Å²) in [7, 11) is 4.70. The first-order chi connectivity index (χ1) is 11.1. The van der Waals surface area contributed by atoms with Crippen molar-refractivity contribution in [2.24, 2.45) is 0 Å². The van der Waals surface area contributed by atoms with Crippen LogP contribution in [0, 0.1) is 0 Å². The van der Waals surface area contributed by atoms with Gasteiger partial charge in [0.2, 0.25) is 0 Å². The molecule has 1 nitrogen and oxygen atoms in total. The number of benzene rings is 2. The Morgan fingerprint density at radius 2 is 1.13 bits per heavy atom. The Kier molecular flexibility index (Phi) is 3.46. The molecule has 23 heavy (non-hydrogen) atoms. The van der Waals surface area contributed by atoms with Gasteiger partial charge in [0.05, 0.1) is 14.1 Å². The molecule has 2 aromatic rings. The molecule has 2 aliphatic carbocycles. The van der Waals surface area contributed by atoms with Gasteiger partial charge < -0.3 is 4.48 Å². The predicted molar refractivity (Wildman–Crippen MR) is 98.1 cm³/mol. The van der Waals surface area contributed by atoms with Crippen molar-refractivity contribution in [1.82, 2.24) is 0 Å². The second-order valence-corrected chi connectivity index (χ2v) is 7.43. The summed E-state index contributed by atoms with van der Waals surface area (Å²) >= 11 is 0. The molecule has 4 rings (SSSR count). The van der Waals surface area contributed by atoms with E-state index in [0.717, 1.165) is 30.4 Å². The molecule has 0 N–H and O–H groups in total. The fourth-order valence-corrected chi connectivity index (χ4v) is 3.99. The monoisotopic (exact) mass is 302 g/mol. The second-order valence-electron chi connectivity index (χ2n) is 7.43. The number of hydrogen-bond donors (Lipinski definition) is 0. The zero-order valence-corrected chi connectivity index (χ0v) is 14.0. The van der Waals surface area contributed by atoms with Gasteiger partial charge in [-0.3, -0.25) is 0 Å². The van der Waals surface area contributed by atoms with Gasteiger partial charge in [0.15, 0.2) is 0 Å². The van der Waals surface area contributed by atoms with Crippen LogP contribution in [-0.4, -0.2) is 31.7 Å². The van der Waals surface area contributed by atoms with Crippen LogP contribution in [-0.2, 0) is 12.8 Å². The van der Waals surface area contributed by atoms with E-state index < -0.39 is 0 Å². The molecule has 0 aliphatic heterocycles. The van der Waals surface area contributed by atoms with E-state index in [1.165, 1.54) is 33.4 Å². The molecule has 0 fully saturated rings. The molecule has 2 aromatic carbocycles. The first-order valence-electron chi connectivity index (χ1n) is 8.49. The van der Waals surface area contributed by atoms with Crippen molar-refractivity contribution in [3.8, 4) is 0 Å². The fourth-order valence-electron chi connectivity index (χ4n) is 3.99. The number of fused-ring (bicyclic) bond motifs is 2. The summed E-state index contributed by atoms with van der Waals surface area (Å²) in [5, 5.41) is 0. The third-order valence-electron chi connectivity index (χ3n) is 5.06. The standard InChI is InChI=1S/C22H24N/c1-23(2,15-19-13-11-17-7-3-5-9-21(17)19)16-20-14-12-18-8-4-6-10-22(18)20/h3-10,13-14H,11-12,15-16H2,1-2H3/q+1. The summed E-state index contributed by atoms with van der Waals surface area (Å²) in [4.78, 5) is 0. The van der Waals surface area contributed by atoms with Gasteiger partial charge in [-0.15, -0.1) is 0 Å². The summed E-state index contributed by atoms with van der Waals surface area (Å²) in [6, 6.07) is 17.7. The number of likely N-dealkylation sites (N-methyl/N-ethyl adjacent to an activating group) is 1. The van der Waals surface area contributed by atoms with Gasteiger partial charge in [-0.1, -0.05) is 60.7 Å². The molecule has 0 spiro atoms. The molecule has 0 saturated heterocycles. The Balaban J connectivity index is 1.52. The van der Waals surface area contributed by atoms with E-state index in [0.29, 0.717) is 0 Å². The quantitative estimate of drug-likeness (QED) is 0.737. The predicted octanol–water partition coefficient (Wildman–Crippen LogP) is 4.34. The lowest BCUT2D eigenvalue weighted by atomic mass is 10.0. The summed E-state index contributed by atoms with van der Waals surface area (Å²) in [5.74, 6) is 0. The van der Waals surface area contributed by atoms with E-state index in [1.54, 1.807) is 0 Å². The molecule has 0 amide bonds. The van der Waals surface area contributed by atoms with Crippen LogP contribution in [0.1, 0.15) is 22.3 Å². The molecule has 0 bridgehead atoms. The van der Waals surface area contributed by atoms with E-state index in [1.807, 2.05) is 0 Å². The van der Waals surface area contributed by atoms with Gasteiger partial charge in [-0.25, -0.2) is 0 Å². The van der Waals surface area contributed by atoms with Crippen molar-refractivity contribution >= 4 is 11.1 Å². The summed E-state index contributed by atoms with van der Waals surface area (Å²) in [5.41, 5.74) is 8.90. The zero-order chi connectivity index (χ0) is 15.9. The van der Waals surface area contributed by atoms with Crippen molar-refractivity contribution in [3.63, 3.8) is 0 Å². The van der Waals surface area contributed by atoms with Crippen molar-refractivity contribution in [3.05, 3.63) is 82.9 Å². The minimum absolute atomic E-state index is 1.00. The number of nitrogens with zero attached hydrogens (tertiary/aromatic N) is 1. The van der Waals surface area contributed by atoms with Gasteiger partial charge in [-0.05, 0) is 35.1 Å². The van der Waals surface area contributed by atoms with E-state index in [4.69, 9.17) is 0 Å². The highest BCUT2D eigenvalue weighted by Crippen LogP contribution is 2.32. The summed E-state index contributed by atoms with van der Waals surface area (Å²) in [6.07, 6.45) is 7.03. The van der Waals surface area contributed by atoms with E-state index in [2.05, 4.69) is 74.8 Å². The maximum absolute atomic E-state index is 2.42. The first-order valence-corrected chi connectivity index (χ1v) is 8.49. The van der Waals surface area contributed by atoms with Gasteiger partial charge in [0.25, 0.3) is 0 Å². The van der Waals surface area contributed by atoms with Crippen molar-refractivity contribution < 1.29 is 4.48 Å². The molecular formula is C22H24N+. The van der Waals surface area contributed by atoms with Crippen LogP contribution >= 0.6 is 0 Å². The van der Waals surface area contributed by atoms with Crippen molar-refractivity contribution in [1.29, 1.82) is 0 Å². The maximum Gasteiger partial charge on any atom is 0.105 e. The van der Waals surface area contributed by atoms with Gasteiger partial charge in [0, 0.05) is 11.1 Å².